The van der Waals surface area contributed by atoms with E-state index in [0.29, 0.717) is 17.4 Å². The number of nitrogens with one attached hydrogen (secondary N) is 2. The Morgan fingerprint density at radius 2 is 1.97 bits per heavy atom. The Morgan fingerprint density at radius 3 is 2.55 bits per heavy atom. The summed E-state index contributed by atoms with van der Waals surface area (Å²) in [7, 11) is -0.437. The van der Waals surface area contributed by atoms with Crippen molar-refractivity contribution in [1.82, 2.24) is 15.0 Å². The van der Waals surface area contributed by atoms with Crippen LogP contribution < -0.4 is 10.6 Å². The van der Waals surface area contributed by atoms with Crippen LogP contribution in [0.1, 0.15) is 25.8 Å². The lowest BCUT2D eigenvalue weighted by Crippen LogP contribution is -2.38. The van der Waals surface area contributed by atoms with Crippen molar-refractivity contribution in [3.63, 3.8) is 0 Å². The van der Waals surface area contributed by atoms with Gasteiger partial charge in [-0.3, -0.25) is 0 Å². The molecule has 1 aromatic carbocycles. The maximum absolute atomic E-state index is 13.7. The molecule has 3 rings (SSSR count). The molecule has 9 heteroatoms. The highest BCUT2D eigenvalue weighted by molar-refractivity contribution is 7.64. The Bertz CT molecular complexity index is 1010. The first-order valence-corrected chi connectivity index (χ1v) is 11.4. The third kappa shape index (κ3) is 4.23. The number of anilines is 1. The van der Waals surface area contributed by atoms with Crippen LogP contribution in [0.2, 0.25) is 0 Å². The highest BCUT2D eigenvalue weighted by atomic mass is 31.1. The minimum Gasteiger partial charge on any atom is -0.394 e. The first-order valence-electron chi connectivity index (χ1n) is 9.20. The zero-order chi connectivity index (χ0) is 21.4. The average Bonchev–Trinajstić information content (AvgIpc) is 3.10. The van der Waals surface area contributed by atoms with E-state index < -0.39 is 25.2 Å². The van der Waals surface area contributed by atoms with E-state index in [0.717, 1.165) is 17.0 Å². The molecular weight excluding hydrogens is 400 g/mol. The number of halogens is 3. The molecule has 3 N–H and O–H groups in total. The number of aliphatic hydroxyl groups excluding tert-OH is 1. The van der Waals surface area contributed by atoms with Crippen molar-refractivity contribution in [2.45, 2.75) is 32.0 Å². The first-order chi connectivity index (χ1) is 13.6. The molecule has 1 unspecified atom stereocenters. The summed E-state index contributed by atoms with van der Waals surface area (Å²) in [5, 5.41) is 14.3. The Morgan fingerprint density at radius 1 is 1.24 bits per heavy atom. The molecule has 0 spiro atoms. The van der Waals surface area contributed by atoms with Crippen LogP contribution in [0.25, 0.3) is 22.2 Å². The van der Waals surface area contributed by atoms with Crippen LogP contribution in [0.15, 0.2) is 30.6 Å². The third-order valence-electron chi connectivity index (χ3n) is 5.07. The van der Waals surface area contributed by atoms with Gasteiger partial charge in [0.1, 0.15) is 5.56 Å². The van der Waals surface area contributed by atoms with Gasteiger partial charge in [-0.1, -0.05) is 33.0 Å². The topological polar surface area (TPSA) is 73.8 Å². The number of H-pyrrole nitrogens is 1. The van der Waals surface area contributed by atoms with Crippen LogP contribution in [-0.2, 0) is 6.18 Å². The van der Waals surface area contributed by atoms with Gasteiger partial charge in [0.05, 0.1) is 23.4 Å². The monoisotopic (exact) mass is 424 g/mol. The van der Waals surface area contributed by atoms with Crippen LogP contribution in [-0.4, -0.2) is 45.5 Å². The van der Waals surface area contributed by atoms with E-state index in [4.69, 9.17) is 0 Å². The first kappa shape index (κ1) is 21.5. The lowest BCUT2D eigenvalue weighted by molar-refractivity contribution is -0.137. The van der Waals surface area contributed by atoms with Crippen molar-refractivity contribution in [1.29, 1.82) is 0 Å². The zero-order valence-corrected chi connectivity index (χ0v) is 17.6. The molecule has 3 aromatic rings. The smallest absolute Gasteiger partial charge is 0.394 e. The molecule has 2 aromatic heterocycles. The summed E-state index contributed by atoms with van der Waals surface area (Å²) in [5.74, 6) is 0.0464. The van der Waals surface area contributed by atoms with Gasteiger partial charge in [-0.2, -0.15) is 13.2 Å². The van der Waals surface area contributed by atoms with Gasteiger partial charge in [-0.25, -0.2) is 9.97 Å². The Balaban J connectivity index is 2.20. The van der Waals surface area contributed by atoms with E-state index in [-0.39, 0.29) is 18.2 Å². The van der Waals surface area contributed by atoms with Crippen molar-refractivity contribution in [2.75, 3.05) is 25.3 Å². The van der Waals surface area contributed by atoms with E-state index in [1.165, 1.54) is 0 Å². The second kappa shape index (κ2) is 7.92. The van der Waals surface area contributed by atoms with Crippen molar-refractivity contribution in [3.8, 4) is 11.3 Å². The number of hydrogen-bond donors (Lipinski definition) is 3. The number of hydrogen-bond acceptors (Lipinski definition) is 4. The highest BCUT2D eigenvalue weighted by Crippen LogP contribution is 2.39. The van der Waals surface area contributed by atoms with Gasteiger partial charge in [0, 0.05) is 23.3 Å². The fourth-order valence-corrected chi connectivity index (χ4v) is 4.09. The molecule has 156 valence electrons. The number of aliphatic hydroxyl groups is 1. The quantitative estimate of drug-likeness (QED) is 0.507. The number of nitrogens with zero attached hydrogens (tertiary/aromatic N) is 2. The van der Waals surface area contributed by atoms with Crippen LogP contribution in [0.4, 0.5) is 19.1 Å². The molecule has 1 atom stereocenters. The van der Waals surface area contributed by atoms with Gasteiger partial charge in [0.25, 0.3) is 0 Å². The number of para-hydroxylation sites is 1. The lowest BCUT2D eigenvalue weighted by atomic mass is 10.0. The fraction of sp³-hybridized carbons (Fsp3) is 0.400. The molecule has 0 saturated heterocycles. The van der Waals surface area contributed by atoms with Gasteiger partial charge in [0.2, 0.25) is 5.95 Å². The van der Waals surface area contributed by atoms with E-state index >= 15 is 0 Å². The summed E-state index contributed by atoms with van der Waals surface area (Å²) in [6.45, 7) is 7.62. The molecule has 0 fully saturated rings. The van der Waals surface area contributed by atoms with Crippen molar-refractivity contribution < 1.29 is 18.3 Å². The molecule has 5 nitrogen and oxygen atoms in total. The van der Waals surface area contributed by atoms with Gasteiger partial charge < -0.3 is 15.4 Å². The summed E-state index contributed by atoms with van der Waals surface area (Å²) >= 11 is 0. The third-order valence-corrected chi connectivity index (χ3v) is 6.40. The predicted molar refractivity (Wildman–Crippen MR) is 112 cm³/mol. The fourth-order valence-electron chi connectivity index (χ4n) is 3.07. The molecule has 0 saturated carbocycles. The van der Waals surface area contributed by atoms with E-state index in [1.807, 2.05) is 19.1 Å². The van der Waals surface area contributed by atoms with Crippen LogP contribution in [0.5, 0.6) is 0 Å². The van der Waals surface area contributed by atoms with Crippen molar-refractivity contribution in [3.05, 3.63) is 36.2 Å². The molecular formula is C20H24F3N4OP. The summed E-state index contributed by atoms with van der Waals surface area (Å²) < 4.78 is 41.1. The number of fused-ring (bicyclic) bond motifs is 1. The molecule has 0 amide bonds. The maximum atomic E-state index is 13.7. The average molecular weight is 424 g/mol. The second-order valence-corrected chi connectivity index (χ2v) is 9.72. The molecule has 2 heterocycles. The molecule has 0 bridgehead atoms. The number of alkyl halides is 3. The van der Waals surface area contributed by atoms with E-state index in [9.17, 15) is 18.3 Å². The molecule has 0 radical (unpaired) electrons. The largest absolute Gasteiger partial charge is 0.419 e. The normalized spacial score (nSPS) is 14.4. The van der Waals surface area contributed by atoms with Gasteiger partial charge in [0.15, 0.2) is 0 Å². The van der Waals surface area contributed by atoms with Crippen LogP contribution in [0, 0.1) is 0 Å². The van der Waals surface area contributed by atoms with E-state index in [2.05, 4.69) is 33.6 Å². The number of aromatic nitrogens is 3. The molecule has 29 heavy (non-hydrogen) atoms. The molecule has 0 aliphatic rings. The predicted octanol–water partition coefficient (Wildman–Crippen LogP) is 4.58. The summed E-state index contributed by atoms with van der Waals surface area (Å²) in [4.78, 5) is 11.2. The molecule has 0 aliphatic carbocycles. The Labute approximate surface area is 168 Å². The van der Waals surface area contributed by atoms with Crippen LogP contribution in [0.3, 0.4) is 0 Å². The van der Waals surface area contributed by atoms with Gasteiger partial charge >= 0.3 is 6.18 Å². The minimum atomic E-state index is -4.60. The molecule has 0 aliphatic heterocycles. The SMILES string of the molecule is CCC(C)(CO)Nc1ncc(C(F)(F)F)c(-c2c[nH]c3c(P(C)C)cccc23)n1. The maximum Gasteiger partial charge on any atom is 0.419 e. The summed E-state index contributed by atoms with van der Waals surface area (Å²) in [6.07, 6.45) is -1.68. The van der Waals surface area contributed by atoms with Crippen molar-refractivity contribution in [2.24, 2.45) is 0 Å². The van der Waals surface area contributed by atoms with Gasteiger partial charge in [-0.15, -0.1) is 0 Å². The van der Waals surface area contributed by atoms with Crippen molar-refractivity contribution >= 4 is 30.1 Å². The Hall–Kier alpha value is -2.18. The summed E-state index contributed by atoms with van der Waals surface area (Å²) in [5.41, 5.74) is -0.615. The zero-order valence-electron chi connectivity index (χ0n) is 16.7. The standard InChI is InChI=1S/C20H24F3N4OP/c1-5-19(2,11-28)27-18-25-10-14(20(21,22)23)16(26-18)13-9-24-17-12(13)7-6-8-15(17)29(3)4/h6-10,24,28H,5,11H2,1-4H3,(H,25,26,27). The van der Waals surface area contributed by atoms with Crippen LogP contribution >= 0.6 is 7.92 Å². The minimum absolute atomic E-state index is 0.0464. The van der Waals surface area contributed by atoms with Gasteiger partial charge in [-0.05, 0) is 32.0 Å². The Kier molecular flexibility index (Phi) is 5.88. The number of benzene rings is 1. The van der Waals surface area contributed by atoms with E-state index in [1.54, 1.807) is 19.2 Å². The second-order valence-electron chi connectivity index (χ2n) is 7.45. The highest BCUT2D eigenvalue weighted by Gasteiger charge is 2.36. The number of rotatable bonds is 6. The lowest BCUT2D eigenvalue weighted by Gasteiger charge is -2.27. The summed E-state index contributed by atoms with van der Waals surface area (Å²) in [6, 6.07) is 5.63. The number of aromatic amines is 1.